The monoisotopic (exact) mass is 372 g/mol. The third-order valence-electron chi connectivity index (χ3n) is 4.38. The molecular formula is C19H18ClFN4O. The van der Waals surface area contributed by atoms with Gasteiger partial charge >= 0.3 is 6.03 Å². The molecule has 0 aromatic heterocycles. The van der Waals surface area contributed by atoms with Crippen LogP contribution in [0.25, 0.3) is 0 Å². The first-order valence-corrected chi connectivity index (χ1v) is 8.66. The molecule has 0 bridgehead atoms. The molecule has 7 heteroatoms. The van der Waals surface area contributed by atoms with Crippen LogP contribution in [0.5, 0.6) is 0 Å². The summed E-state index contributed by atoms with van der Waals surface area (Å²) in [6, 6.07) is 14.5. The van der Waals surface area contributed by atoms with Crippen molar-refractivity contribution in [3.63, 3.8) is 0 Å². The van der Waals surface area contributed by atoms with Crippen molar-refractivity contribution in [1.29, 1.82) is 5.26 Å². The molecule has 134 valence electrons. The summed E-state index contributed by atoms with van der Waals surface area (Å²) in [6.07, 6.45) is 0. The summed E-state index contributed by atoms with van der Waals surface area (Å²) in [7, 11) is 0. The smallest absolute Gasteiger partial charge is 0.321 e. The predicted octanol–water partition coefficient (Wildman–Crippen LogP) is 3.89. The Morgan fingerprint density at radius 2 is 1.77 bits per heavy atom. The zero-order valence-corrected chi connectivity index (χ0v) is 14.8. The fourth-order valence-electron chi connectivity index (χ4n) is 2.96. The van der Waals surface area contributed by atoms with Crippen molar-refractivity contribution in [3.8, 4) is 6.07 Å². The standard InChI is InChI=1S/C19H18ClFN4O/c20-14-5-7-15(8-6-14)23-19(26)25-11-9-24(10-12-25)18(13-22)16-3-1-2-4-17(16)21/h1-8,18H,9-12H2,(H,23,26). The summed E-state index contributed by atoms with van der Waals surface area (Å²) in [4.78, 5) is 15.9. The number of hydrogen-bond donors (Lipinski definition) is 1. The SMILES string of the molecule is N#CC(c1ccccc1F)N1CCN(C(=O)Nc2ccc(Cl)cc2)CC1. The van der Waals surface area contributed by atoms with Crippen LogP contribution in [0.3, 0.4) is 0 Å². The maximum atomic E-state index is 14.0. The van der Waals surface area contributed by atoms with Crippen molar-refractivity contribution in [1.82, 2.24) is 9.80 Å². The lowest BCUT2D eigenvalue weighted by Crippen LogP contribution is -2.50. The van der Waals surface area contributed by atoms with Gasteiger partial charge in [-0.25, -0.2) is 9.18 Å². The summed E-state index contributed by atoms with van der Waals surface area (Å²) in [6.45, 7) is 1.93. The number of benzene rings is 2. The molecular weight excluding hydrogens is 355 g/mol. The van der Waals surface area contributed by atoms with E-state index in [0.29, 0.717) is 42.5 Å². The first-order valence-electron chi connectivity index (χ1n) is 8.28. The van der Waals surface area contributed by atoms with E-state index >= 15 is 0 Å². The predicted molar refractivity (Wildman–Crippen MR) is 98.4 cm³/mol. The number of rotatable bonds is 3. The van der Waals surface area contributed by atoms with Gasteiger partial charge < -0.3 is 10.2 Å². The van der Waals surface area contributed by atoms with Crippen LogP contribution >= 0.6 is 11.6 Å². The van der Waals surface area contributed by atoms with E-state index < -0.39 is 6.04 Å². The molecule has 1 fully saturated rings. The van der Waals surface area contributed by atoms with Crippen molar-refractivity contribution < 1.29 is 9.18 Å². The fourth-order valence-corrected chi connectivity index (χ4v) is 3.09. The minimum Gasteiger partial charge on any atom is -0.322 e. The van der Waals surface area contributed by atoms with Crippen LogP contribution in [0, 0.1) is 17.1 Å². The zero-order chi connectivity index (χ0) is 18.5. The average molecular weight is 373 g/mol. The Hall–Kier alpha value is -2.62. The van der Waals surface area contributed by atoms with Gasteiger partial charge in [-0.2, -0.15) is 5.26 Å². The van der Waals surface area contributed by atoms with Gasteiger partial charge in [0.05, 0.1) is 6.07 Å². The summed E-state index contributed by atoms with van der Waals surface area (Å²) < 4.78 is 14.0. The molecule has 2 amide bonds. The first kappa shape index (κ1) is 18.2. The van der Waals surface area contributed by atoms with Gasteiger partial charge in [-0.15, -0.1) is 0 Å². The quantitative estimate of drug-likeness (QED) is 0.889. The summed E-state index contributed by atoms with van der Waals surface area (Å²) >= 11 is 5.84. The molecule has 1 saturated heterocycles. The van der Waals surface area contributed by atoms with Gasteiger partial charge in [0, 0.05) is 42.5 Å². The lowest BCUT2D eigenvalue weighted by atomic mass is 10.0. The summed E-state index contributed by atoms with van der Waals surface area (Å²) in [5, 5.41) is 12.9. The number of carbonyl (C=O) groups excluding carboxylic acids is 1. The van der Waals surface area contributed by atoms with Gasteiger partial charge in [-0.1, -0.05) is 29.8 Å². The van der Waals surface area contributed by atoms with Crippen LogP contribution in [0.2, 0.25) is 5.02 Å². The molecule has 26 heavy (non-hydrogen) atoms. The van der Waals surface area contributed by atoms with Crippen LogP contribution in [-0.2, 0) is 0 Å². The van der Waals surface area contributed by atoms with E-state index in [9.17, 15) is 14.4 Å². The maximum Gasteiger partial charge on any atom is 0.321 e. The van der Waals surface area contributed by atoms with Crippen LogP contribution in [0.4, 0.5) is 14.9 Å². The van der Waals surface area contributed by atoms with Gasteiger partial charge in [-0.05, 0) is 30.3 Å². The molecule has 1 N–H and O–H groups in total. The van der Waals surface area contributed by atoms with E-state index in [4.69, 9.17) is 11.6 Å². The van der Waals surface area contributed by atoms with Crippen LogP contribution in [0.15, 0.2) is 48.5 Å². The molecule has 0 radical (unpaired) electrons. The van der Waals surface area contributed by atoms with Crippen molar-refractivity contribution in [2.24, 2.45) is 0 Å². The Bertz CT molecular complexity index is 813. The van der Waals surface area contributed by atoms with Gasteiger partial charge in [-0.3, -0.25) is 4.90 Å². The molecule has 1 aliphatic heterocycles. The summed E-state index contributed by atoms with van der Waals surface area (Å²) in [5.41, 5.74) is 1.04. The van der Waals surface area contributed by atoms with E-state index in [1.54, 1.807) is 47.4 Å². The topological polar surface area (TPSA) is 59.4 Å². The van der Waals surface area contributed by atoms with Crippen LogP contribution in [0.1, 0.15) is 11.6 Å². The van der Waals surface area contributed by atoms with Gasteiger partial charge in [0.15, 0.2) is 0 Å². The van der Waals surface area contributed by atoms with Gasteiger partial charge in [0.25, 0.3) is 0 Å². The van der Waals surface area contributed by atoms with Crippen LogP contribution < -0.4 is 5.32 Å². The number of urea groups is 1. The summed E-state index contributed by atoms with van der Waals surface area (Å²) in [5.74, 6) is -0.387. The molecule has 2 aromatic carbocycles. The molecule has 1 aliphatic rings. The van der Waals surface area contributed by atoms with E-state index in [-0.39, 0.29) is 11.8 Å². The largest absolute Gasteiger partial charge is 0.322 e. The van der Waals surface area contributed by atoms with Crippen molar-refractivity contribution in [3.05, 3.63) is 64.9 Å². The molecule has 3 rings (SSSR count). The second-order valence-corrected chi connectivity index (χ2v) is 6.45. The molecule has 1 heterocycles. The normalized spacial score (nSPS) is 16.0. The highest BCUT2D eigenvalue weighted by Gasteiger charge is 2.28. The lowest BCUT2D eigenvalue weighted by Gasteiger charge is -2.37. The zero-order valence-electron chi connectivity index (χ0n) is 14.0. The third-order valence-corrected chi connectivity index (χ3v) is 4.64. The Balaban J connectivity index is 1.59. The highest BCUT2D eigenvalue weighted by molar-refractivity contribution is 6.30. The van der Waals surface area contributed by atoms with E-state index in [2.05, 4.69) is 11.4 Å². The number of nitriles is 1. The Kier molecular flexibility index (Phi) is 5.71. The van der Waals surface area contributed by atoms with Crippen molar-refractivity contribution in [2.45, 2.75) is 6.04 Å². The maximum absolute atomic E-state index is 14.0. The Labute approximate surface area is 156 Å². The number of nitrogens with one attached hydrogen (secondary N) is 1. The highest BCUT2D eigenvalue weighted by Crippen LogP contribution is 2.24. The van der Waals surface area contributed by atoms with Crippen LogP contribution in [-0.4, -0.2) is 42.0 Å². The molecule has 1 unspecified atom stereocenters. The molecule has 0 saturated carbocycles. The average Bonchev–Trinajstić information content (AvgIpc) is 2.66. The second-order valence-electron chi connectivity index (χ2n) is 6.01. The lowest BCUT2D eigenvalue weighted by molar-refractivity contribution is 0.130. The number of carbonyl (C=O) groups is 1. The first-order chi connectivity index (χ1) is 12.6. The molecule has 0 aliphatic carbocycles. The molecule has 5 nitrogen and oxygen atoms in total. The van der Waals surface area contributed by atoms with Gasteiger partial charge in [0.1, 0.15) is 11.9 Å². The highest BCUT2D eigenvalue weighted by atomic mass is 35.5. The number of halogens is 2. The number of anilines is 1. The number of nitrogens with zero attached hydrogens (tertiary/aromatic N) is 3. The van der Waals surface area contributed by atoms with E-state index in [1.807, 2.05) is 4.90 Å². The fraction of sp³-hybridized carbons (Fsp3) is 0.263. The minimum absolute atomic E-state index is 0.202. The molecule has 0 spiro atoms. The van der Waals surface area contributed by atoms with Crippen molar-refractivity contribution >= 4 is 23.3 Å². The minimum atomic E-state index is -0.655. The molecule has 1 atom stereocenters. The number of piperazine rings is 1. The number of amides is 2. The number of hydrogen-bond acceptors (Lipinski definition) is 3. The third kappa shape index (κ3) is 4.13. The van der Waals surface area contributed by atoms with Crippen molar-refractivity contribution in [2.75, 3.05) is 31.5 Å². The van der Waals surface area contributed by atoms with E-state index in [0.717, 1.165) is 0 Å². The Morgan fingerprint density at radius 1 is 1.12 bits per heavy atom. The van der Waals surface area contributed by atoms with E-state index in [1.165, 1.54) is 6.07 Å². The Morgan fingerprint density at radius 3 is 2.38 bits per heavy atom. The molecule has 2 aromatic rings. The van der Waals surface area contributed by atoms with Gasteiger partial charge in [0.2, 0.25) is 0 Å². The second kappa shape index (κ2) is 8.17.